The summed E-state index contributed by atoms with van der Waals surface area (Å²) in [5.41, 5.74) is 6.18. The minimum atomic E-state index is -0.940. The second-order valence-corrected chi connectivity index (χ2v) is 4.46. The molecular weight excluding hydrogens is 266 g/mol. The van der Waals surface area contributed by atoms with Gasteiger partial charge < -0.3 is 14.9 Å². The Hall–Kier alpha value is -2.51. The van der Waals surface area contributed by atoms with Crippen molar-refractivity contribution in [2.24, 2.45) is 7.05 Å². The smallest absolute Gasteiger partial charge is 0.201 e. The second-order valence-electron chi connectivity index (χ2n) is 4.46. The van der Waals surface area contributed by atoms with Crippen LogP contribution < -0.4 is 5.73 Å². The molecule has 0 aliphatic carbocycles. The van der Waals surface area contributed by atoms with Crippen LogP contribution in [-0.4, -0.2) is 24.3 Å². The van der Waals surface area contributed by atoms with E-state index in [1.807, 2.05) is 7.05 Å². The van der Waals surface area contributed by atoms with Crippen LogP contribution in [0.4, 0.5) is 14.7 Å². The van der Waals surface area contributed by atoms with Crippen LogP contribution in [0.15, 0.2) is 18.5 Å². The normalized spacial score (nSPS) is 11.3. The van der Waals surface area contributed by atoms with E-state index in [1.165, 1.54) is 10.6 Å². The van der Waals surface area contributed by atoms with Gasteiger partial charge in [-0.2, -0.15) is 0 Å². The molecule has 3 aromatic rings. The monoisotopic (exact) mass is 278 g/mol. The van der Waals surface area contributed by atoms with Crippen LogP contribution in [0.1, 0.15) is 5.82 Å². The van der Waals surface area contributed by atoms with Gasteiger partial charge in [-0.25, -0.2) is 13.8 Å². The molecule has 2 N–H and O–H groups in total. The van der Waals surface area contributed by atoms with Crippen molar-refractivity contribution in [2.75, 3.05) is 5.73 Å². The van der Waals surface area contributed by atoms with E-state index in [0.29, 0.717) is 18.5 Å². The van der Waals surface area contributed by atoms with Crippen molar-refractivity contribution in [2.45, 2.75) is 13.0 Å². The third-order valence-electron chi connectivity index (χ3n) is 3.19. The summed E-state index contributed by atoms with van der Waals surface area (Å²) in [7, 11) is 1.81. The fourth-order valence-corrected chi connectivity index (χ4v) is 2.15. The molecule has 0 atom stereocenters. The van der Waals surface area contributed by atoms with Crippen LogP contribution in [0.2, 0.25) is 0 Å². The Balaban J connectivity index is 2.01. The van der Waals surface area contributed by atoms with Crippen LogP contribution >= 0.6 is 0 Å². The molecule has 0 amide bonds. The number of aryl methyl sites for hydroxylation is 3. The highest BCUT2D eigenvalue weighted by molar-refractivity contribution is 5.79. The Morgan fingerprint density at radius 2 is 2.10 bits per heavy atom. The number of anilines is 1. The molecule has 0 bridgehead atoms. The average molecular weight is 278 g/mol. The van der Waals surface area contributed by atoms with Crippen LogP contribution in [0.3, 0.4) is 0 Å². The molecule has 0 unspecified atom stereocenters. The lowest BCUT2D eigenvalue weighted by atomic mass is 10.3. The van der Waals surface area contributed by atoms with Crippen molar-refractivity contribution in [1.29, 1.82) is 0 Å². The highest BCUT2D eigenvalue weighted by atomic mass is 19.2. The number of hydrogen-bond acceptors (Lipinski definition) is 4. The number of aromatic nitrogens is 5. The van der Waals surface area contributed by atoms with E-state index in [1.54, 1.807) is 10.9 Å². The zero-order valence-electron chi connectivity index (χ0n) is 10.7. The summed E-state index contributed by atoms with van der Waals surface area (Å²) in [6, 6.07) is 2.44. The van der Waals surface area contributed by atoms with Crippen LogP contribution in [0.25, 0.3) is 11.0 Å². The number of benzene rings is 1. The zero-order valence-corrected chi connectivity index (χ0v) is 10.7. The first-order chi connectivity index (χ1) is 9.58. The number of fused-ring (bicyclic) bond motifs is 1. The van der Waals surface area contributed by atoms with Gasteiger partial charge in [-0.05, 0) is 12.1 Å². The van der Waals surface area contributed by atoms with E-state index in [2.05, 4.69) is 15.2 Å². The molecule has 0 aliphatic heterocycles. The van der Waals surface area contributed by atoms with Crippen LogP contribution in [0.5, 0.6) is 0 Å². The molecule has 0 radical (unpaired) electrons. The molecule has 104 valence electrons. The van der Waals surface area contributed by atoms with Gasteiger partial charge in [0.15, 0.2) is 11.6 Å². The van der Waals surface area contributed by atoms with Gasteiger partial charge in [0.05, 0.1) is 5.52 Å². The summed E-state index contributed by atoms with van der Waals surface area (Å²) in [6.45, 7) is 0.342. The Kier molecular flexibility index (Phi) is 2.85. The molecule has 1 aromatic carbocycles. The summed E-state index contributed by atoms with van der Waals surface area (Å²) >= 11 is 0. The maximum absolute atomic E-state index is 13.9. The highest BCUT2D eigenvalue weighted by Crippen LogP contribution is 2.23. The fourth-order valence-electron chi connectivity index (χ4n) is 2.15. The van der Waals surface area contributed by atoms with Crippen molar-refractivity contribution >= 4 is 17.0 Å². The zero-order chi connectivity index (χ0) is 14.3. The maximum Gasteiger partial charge on any atom is 0.201 e. The number of rotatable bonds is 3. The minimum Gasteiger partial charge on any atom is -0.369 e. The molecule has 0 fully saturated rings. The third kappa shape index (κ3) is 1.89. The number of nitrogens with two attached hydrogens (primary N) is 1. The Bertz CT molecular complexity index is 776. The van der Waals surface area contributed by atoms with Gasteiger partial charge in [-0.1, -0.05) is 0 Å². The molecule has 20 heavy (non-hydrogen) atoms. The van der Waals surface area contributed by atoms with Crippen LogP contribution in [0, 0.1) is 11.6 Å². The van der Waals surface area contributed by atoms with E-state index in [9.17, 15) is 8.78 Å². The molecule has 0 saturated carbocycles. The van der Waals surface area contributed by atoms with Gasteiger partial charge in [0.2, 0.25) is 5.95 Å². The van der Waals surface area contributed by atoms with Crippen molar-refractivity contribution in [3.8, 4) is 0 Å². The first-order valence-electron chi connectivity index (χ1n) is 6.00. The molecule has 3 rings (SSSR count). The van der Waals surface area contributed by atoms with E-state index in [4.69, 9.17) is 5.73 Å². The lowest BCUT2D eigenvalue weighted by Crippen LogP contribution is -2.09. The van der Waals surface area contributed by atoms with E-state index in [0.717, 1.165) is 11.9 Å². The predicted octanol–water partition coefficient (Wildman–Crippen LogP) is 1.27. The maximum atomic E-state index is 13.9. The number of hydrogen-bond donors (Lipinski definition) is 1. The first-order valence-corrected chi connectivity index (χ1v) is 6.00. The quantitative estimate of drug-likeness (QED) is 0.783. The van der Waals surface area contributed by atoms with Crippen LogP contribution in [-0.2, 0) is 20.0 Å². The Morgan fingerprint density at radius 3 is 2.80 bits per heavy atom. The predicted molar refractivity (Wildman–Crippen MR) is 68.8 cm³/mol. The second kappa shape index (κ2) is 4.55. The van der Waals surface area contributed by atoms with Crippen molar-refractivity contribution < 1.29 is 8.78 Å². The molecule has 2 aromatic heterocycles. The van der Waals surface area contributed by atoms with Gasteiger partial charge in [0.1, 0.15) is 17.7 Å². The lowest BCUT2D eigenvalue weighted by Gasteiger charge is -2.06. The van der Waals surface area contributed by atoms with Crippen molar-refractivity contribution in [1.82, 2.24) is 24.3 Å². The van der Waals surface area contributed by atoms with Gasteiger partial charge >= 0.3 is 0 Å². The largest absolute Gasteiger partial charge is 0.369 e. The minimum absolute atomic E-state index is 0.0738. The van der Waals surface area contributed by atoms with Gasteiger partial charge in [-0.3, -0.25) is 0 Å². The highest BCUT2D eigenvalue weighted by Gasteiger charge is 2.16. The fraction of sp³-hybridized carbons (Fsp3) is 0.250. The Morgan fingerprint density at radius 1 is 1.30 bits per heavy atom. The summed E-state index contributed by atoms with van der Waals surface area (Å²) in [5, 5.41) is 7.70. The topological polar surface area (TPSA) is 74.5 Å². The van der Waals surface area contributed by atoms with Crippen molar-refractivity contribution in [3.63, 3.8) is 0 Å². The summed E-state index contributed by atoms with van der Waals surface area (Å²) < 4.78 is 30.4. The van der Waals surface area contributed by atoms with E-state index < -0.39 is 11.6 Å². The summed E-state index contributed by atoms with van der Waals surface area (Å²) in [4.78, 5) is 4.03. The SMILES string of the molecule is Cn1cnnc1CCn1c(N)nc2ccc(F)c(F)c21. The molecule has 0 spiro atoms. The molecular formula is C12H12F2N6. The van der Waals surface area contributed by atoms with Gasteiger partial charge in [0, 0.05) is 20.0 Å². The average Bonchev–Trinajstić information content (AvgIpc) is 2.96. The number of nitrogens with zero attached hydrogens (tertiary/aromatic N) is 5. The molecule has 8 heteroatoms. The first kappa shape index (κ1) is 12.5. The standard InChI is InChI=1S/C12H12F2N6/c1-19-6-16-18-9(19)4-5-20-11-8(17-12(20)15)3-2-7(13)10(11)14/h2-3,6H,4-5H2,1H3,(H2,15,17). The summed E-state index contributed by atoms with van der Waals surface area (Å²) in [6.07, 6.45) is 2.06. The van der Waals surface area contributed by atoms with Gasteiger partial charge in [-0.15, -0.1) is 10.2 Å². The van der Waals surface area contributed by atoms with Crippen molar-refractivity contribution in [3.05, 3.63) is 35.9 Å². The lowest BCUT2D eigenvalue weighted by molar-refractivity contribution is 0.511. The molecule has 0 aliphatic rings. The van der Waals surface area contributed by atoms with E-state index >= 15 is 0 Å². The Labute approximate surface area is 112 Å². The van der Waals surface area contributed by atoms with E-state index in [-0.39, 0.29) is 11.5 Å². The number of nitrogen functional groups attached to an aromatic ring is 1. The number of halogens is 2. The number of imidazole rings is 1. The summed E-state index contributed by atoms with van der Waals surface area (Å²) in [5.74, 6) is -0.989. The molecule has 6 nitrogen and oxygen atoms in total. The molecule has 0 saturated heterocycles. The molecule has 2 heterocycles. The van der Waals surface area contributed by atoms with Gasteiger partial charge in [0.25, 0.3) is 0 Å². The third-order valence-corrected chi connectivity index (χ3v) is 3.19.